The minimum Gasteiger partial charge on any atom is -0.358 e. The van der Waals surface area contributed by atoms with E-state index in [-0.39, 0.29) is 18.1 Å². The molecule has 0 aromatic heterocycles. The fourth-order valence-electron chi connectivity index (χ4n) is 1.19. The lowest BCUT2D eigenvalue weighted by molar-refractivity contribution is -0.384. The Hall–Kier alpha value is -1.47. The maximum Gasteiger partial charge on any atom is 0.270 e. The molecule has 1 amide bonds. The van der Waals surface area contributed by atoms with Gasteiger partial charge >= 0.3 is 0 Å². The SMILES string of the molecule is CNC(=O)CNCc1ccc([N+](=O)[O-])cc1Br. The molecule has 0 aliphatic carbocycles. The molecule has 7 heteroatoms. The first-order valence-electron chi connectivity index (χ1n) is 4.88. The molecule has 0 heterocycles. The van der Waals surface area contributed by atoms with Crippen molar-refractivity contribution in [2.75, 3.05) is 13.6 Å². The largest absolute Gasteiger partial charge is 0.358 e. The van der Waals surface area contributed by atoms with E-state index in [4.69, 9.17) is 0 Å². The number of nitro groups is 1. The van der Waals surface area contributed by atoms with Crippen LogP contribution >= 0.6 is 15.9 Å². The molecule has 1 aromatic carbocycles. The highest BCUT2D eigenvalue weighted by atomic mass is 79.9. The second kappa shape index (κ2) is 6.31. The molecule has 92 valence electrons. The summed E-state index contributed by atoms with van der Waals surface area (Å²) in [6.45, 7) is 0.673. The quantitative estimate of drug-likeness (QED) is 0.632. The Morgan fingerprint density at radius 3 is 2.76 bits per heavy atom. The molecule has 1 rings (SSSR count). The summed E-state index contributed by atoms with van der Waals surface area (Å²) in [6, 6.07) is 4.53. The fourth-order valence-corrected chi connectivity index (χ4v) is 1.70. The third kappa shape index (κ3) is 4.12. The summed E-state index contributed by atoms with van der Waals surface area (Å²) in [7, 11) is 1.56. The number of hydrogen-bond donors (Lipinski definition) is 2. The number of non-ortho nitro benzene ring substituents is 1. The number of nitrogens with one attached hydrogen (secondary N) is 2. The average Bonchev–Trinajstić information content (AvgIpc) is 2.30. The fraction of sp³-hybridized carbons (Fsp3) is 0.300. The van der Waals surface area contributed by atoms with Crippen molar-refractivity contribution in [1.29, 1.82) is 0 Å². The topological polar surface area (TPSA) is 84.3 Å². The normalized spacial score (nSPS) is 10.0. The van der Waals surface area contributed by atoms with E-state index in [2.05, 4.69) is 26.6 Å². The van der Waals surface area contributed by atoms with Gasteiger partial charge in [0.2, 0.25) is 5.91 Å². The zero-order valence-corrected chi connectivity index (χ0v) is 10.8. The highest BCUT2D eigenvalue weighted by Gasteiger charge is 2.08. The molecular formula is C10H12BrN3O3. The number of amides is 1. The van der Waals surface area contributed by atoms with Gasteiger partial charge in [-0.15, -0.1) is 0 Å². The number of carbonyl (C=O) groups excluding carboxylic acids is 1. The zero-order valence-electron chi connectivity index (χ0n) is 9.20. The second-order valence-corrected chi connectivity index (χ2v) is 4.16. The molecule has 0 saturated carbocycles. The zero-order chi connectivity index (χ0) is 12.8. The van der Waals surface area contributed by atoms with Crippen LogP contribution in [0.2, 0.25) is 0 Å². The summed E-state index contributed by atoms with van der Waals surface area (Å²) in [6.07, 6.45) is 0. The molecule has 0 atom stereocenters. The molecule has 2 N–H and O–H groups in total. The van der Waals surface area contributed by atoms with Crippen LogP contribution < -0.4 is 10.6 Å². The Kier molecular flexibility index (Phi) is 5.05. The van der Waals surface area contributed by atoms with Crippen molar-refractivity contribution in [2.24, 2.45) is 0 Å². The van der Waals surface area contributed by atoms with Crippen molar-refractivity contribution in [3.63, 3.8) is 0 Å². The van der Waals surface area contributed by atoms with Crippen LogP contribution in [0.1, 0.15) is 5.56 Å². The first-order chi connectivity index (χ1) is 8.04. The standard InChI is InChI=1S/C10H12BrN3O3/c1-12-10(15)6-13-5-7-2-3-8(14(16)17)4-9(7)11/h2-4,13H,5-6H2,1H3,(H,12,15). The van der Waals surface area contributed by atoms with Crippen LogP contribution in [0.15, 0.2) is 22.7 Å². The Bertz CT molecular complexity index is 437. The summed E-state index contributed by atoms with van der Waals surface area (Å²) >= 11 is 3.25. The van der Waals surface area contributed by atoms with E-state index in [1.54, 1.807) is 13.1 Å². The van der Waals surface area contributed by atoms with Crippen molar-refractivity contribution in [3.8, 4) is 0 Å². The molecule has 6 nitrogen and oxygen atoms in total. The summed E-state index contributed by atoms with van der Waals surface area (Å²) in [5.41, 5.74) is 0.895. The van der Waals surface area contributed by atoms with Crippen molar-refractivity contribution in [1.82, 2.24) is 10.6 Å². The van der Waals surface area contributed by atoms with Crippen molar-refractivity contribution < 1.29 is 9.72 Å². The van der Waals surface area contributed by atoms with Crippen molar-refractivity contribution in [2.45, 2.75) is 6.54 Å². The maximum absolute atomic E-state index is 11.0. The first kappa shape index (κ1) is 13.6. The molecule has 0 aliphatic rings. The number of halogens is 1. The second-order valence-electron chi connectivity index (χ2n) is 3.31. The van der Waals surface area contributed by atoms with E-state index in [1.165, 1.54) is 12.1 Å². The van der Waals surface area contributed by atoms with E-state index in [0.29, 0.717) is 11.0 Å². The van der Waals surface area contributed by atoms with Gasteiger partial charge in [0.15, 0.2) is 0 Å². The van der Waals surface area contributed by atoms with Crippen LogP contribution in [0.5, 0.6) is 0 Å². The third-order valence-electron chi connectivity index (χ3n) is 2.13. The Morgan fingerprint density at radius 1 is 1.53 bits per heavy atom. The lowest BCUT2D eigenvalue weighted by atomic mass is 10.2. The Morgan fingerprint density at radius 2 is 2.24 bits per heavy atom. The minimum atomic E-state index is -0.452. The van der Waals surface area contributed by atoms with Gasteiger partial charge < -0.3 is 10.6 Å². The van der Waals surface area contributed by atoms with Crippen LogP contribution in [0, 0.1) is 10.1 Å². The van der Waals surface area contributed by atoms with Crippen LogP contribution in [0.4, 0.5) is 5.69 Å². The van der Waals surface area contributed by atoms with E-state index >= 15 is 0 Å². The van der Waals surface area contributed by atoms with Gasteiger partial charge in [0.1, 0.15) is 0 Å². The predicted molar refractivity (Wildman–Crippen MR) is 66.6 cm³/mol. The van der Waals surface area contributed by atoms with Gasteiger partial charge in [0.25, 0.3) is 5.69 Å². The molecule has 0 radical (unpaired) electrons. The molecule has 0 spiro atoms. The van der Waals surface area contributed by atoms with E-state index in [9.17, 15) is 14.9 Å². The van der Waals surface area contributed by atoms with Gasteiger partial charge in [-0.1, -0.05) is 15.9 Å². The maximum atomic E-state index is 11.0. The average molecular weight is 302 g/mol. The summed E-state index contributed by atoms with van der Waals surface area (Å²) in [5, 5.41) is 15.9. The summed E-state index contributed by atoms with van der Waals surface area (Å²) in [4.78, 5) is 21.0. The van der Waals surface area contributed by atoms with Crippen LogP contribution in [0.3, 0.4) is 0 Å². The number of carbonyl (C=O) groups is 1. The van der Waals surface area contributed by atoms with Crippen LogP contribution in [-0.2, 0) is 11.3 Å². The number of rotatable bonds is 5. The van der Waals surface area contributed by atoms with Gasteiger partial charge in [-0.2, -0.15) is 0 Å². The van der Waals surface area contributed by atoms with E-state index < -0.39 is 4.92 Å². The number of hydrogen-bond acceptors (Lipinski definition) is 4. The van der Waals surface area contributed by atoms with E-state index in [1.807, 2.05) is 0 Å². The number of nitro benzene ring substituents is 1. The Balaban J connectivity index is 2.60. The molecule has 17 heavy (non-hydrogen) atoms. The lowest BCUT2D eigenvalue weighted by Gasteiger charge is -2.06. The highest BCUT2D eigenvalue weighted by Crippen LogP contribution is 2.22. The van der Waals surface area contributed by atoms with Gasteiger partial charge in [-0.05, 0) is 11.6 Å². The minimum absolute atomic E-state index is 0.0342. The molecular weight excluding hydrogens is 290 g/mol. The summed E-state index contributed by atoms with van der Waals surface area (Å²) < 4.78 is 0.649. The molecule has 1 aromatic rings. The number of benzene rings is 1. The predicted octanol–water partition coefficient (Wildman–Crippen LogP) is 1.19. The third-order valence-corrected chi connectivity index (χ3v) is 2.87. The Labute approximate surface area is 107 Å². The molecule has 0 aliphatic heterocycles. The lowest BCUT2D eigenvalue weighted by Crippen LogP contribution is -2.31. The van der Waals surface area contributed by atoms with Gasteiger partial charge in [-0.3, -0.25) is 14.9 Å². The molecule has 0 saturated heterocycles. The molecule has 0 fully saturated rings. The van der Waals surface area contributed by atoms with Crippen molar-refractivity contribution in [3.05, 3.63) is 38.3 Å². The van der Waals surface area contributed by atoms with Crippen molar-refractivity contribution >= 4 is 27.5 Å². The van der Waals surface area contributed by atoms with Crippen LogP contribution in [0.25, 0.3) is 0 Å². The van der Waals surface area contributed by atoms with E-state index in [0.717, 1.165) is 5.56 Å². The monoisotopic (exact) mass is 301 g/mol. The van der Waals surface area contributed by atoms with Gasteiger partial charge in [-0.25, -0.2) is 0 Å². The number of likely N-dealkylation sites (N-methyl/N-ethyl adjacent to an activating group) is 1. The number of nitrogens with zero attached hydrogens (tertiary/aromatic N) is 1. The molecule has 0 unspecified atom stereocenters. The summed E-state index contributed by atoms with van der Waals surface area (Å²) in [5.74, 6) is -0.108. The molecule has 0 bridgehead atoms. The smallest absolute Gasteiger partial charge is 0.270 e. The highest BCUT2D eigenvalue weighted by molar-refractivity contribution is 9.10. The first-order valence-corrected chi connectivity index (χ1v) is 5.68. The van der Waals surface area contributed by atoms with Gasteiger partial charge in [0.05, 0.1) is 11.5 Å². The van der Waals surface area contributed by atoms with Crippen LogP contribution in [-0.4, -0.2) is 24.4 Å². The van der Waals surface area contributed by atoms with Gasteiger partial charge in [0, 0.05) is 30.2 Å².